The molecule has 20 heavy (non-hydrogen) atoms. The number of hydrogen-bond acceptors (Lipinski definition) is 2. The molecule has 0 radical (unpaired) electrons. The van der Waals surface area contributed by atoms with Crippen LogP contribution in [0.25, 0.3) is 0 Å². The number of rotatable bonds is 3. The van der Waals surface area contributed by atoms with Crippen LogP contribution >= 0.6 is 15.9 Å². The zero-order valence-electron chi connectivity index (χ0n) is 10.8. The van der Waals surface area contributed by atoms with Crippen LogP contribution in [0.3, 0.4) is 0 Å². The lowest BCUT2D eigenvalue weighted by molar-refractivity contribution is 0.102. The average Bonchev–Trinajstić information content (AvgIpc) is 2.41. The van der Waals surface area contributed by atoms with Gasteiger partial charge in [0.2, 0.25) is 0 Å². The molecule has 0 spiro atoms. The fourth-order valence-electron chi connectivity index (χ4n) is 1.77. The average molecular weight is 338 g/mol. The molecular formula is C15H13BrFNO2. The van der Waals surface area contributed by atoms with Crippen LogP contribution in [0.5, 0.6) is 0 Å². The summed E-state index contributed by atoms with van der Waals surface area (Å²) in [6.45, 7) is 1.71. The van der Waals surface area contributed by atoms with Gasteiger partial charge in [-0.25, -0.2) is 4.39 Å². The fraction of sp³-hybridized carbons (Fsp3) is 0.133. The Hall–Kier alpha value is -1.72. The first-order valence-corrected chi connectivity index (χ1v) is 6.77. The maximum atomic E-state index is 13.7. The van der Waals surface area contributed by atoms with Gasteiger partial charge in [-0.3, -0.25) is 4.79 Å². The van der Waals surface area contributed by atoms with Crippen LogP contribution in [0, 0.1) is 12.7 Å². The summed E-state index contributed by atoms with van der Waals surface area (Å²) < 4.78 is 14.3. The summed E-state index contributed by atoms with van der Waals surface area (Å²) in [5.74, 6) is -1.11. The van der Waals surface area contributed by atoms with Crippen LogP contribution in [-0.2, 0) is 6.61 Å². The van der Waals surface area contributed by atoms with Crippen molar-refractivity contribution >= 4 is 27.5 Å². The van der Waals surface area contributed by atoms with Crippen LogP contribution in [0.4, 0.5) is 10.1 Å². The summed E-state index contributed by atoms with van der Waals surface area (Å²) in [4.78, 5) is 12.1. The normalized spacial score (nSPS) is 10.4. The van der Waals surface area contributed by atoms with Gasteiger partial charge in [-0.1, -0.05) is 28.1 Å². The van der Waals surface area contributed by atoms with Crippen LogP contribution in [0.1, 0.15) is 21.5 Å². The highest BCUT2D eigenvalue weighted by Gasteiger charge is 2.13. The molecule has 0 atom stereocenters. The molecule has 0 aliphatic rings. The molecule has 1 amide bonds. The second-order valence-electron chi connectivity index (χ2n) is 4.39. The minimum absolute atomic E-state index is 0.0259. The molecule has 2 N–H and O–H groups in total. The topological polar surface area (TPSA) is 49.3 Å². The number of halogens is 2. The highest BCUT2D eigenvalue weighted by atomic mass is 79.9. The highest BCUT2D eigenvalue weighted by Crippen LogP contribution is 2.20. The lowest BCUT2D eigenvalue weighted by Crippen LogP contribution is -2.14. The van der Waals surface area contributed by atoms with Crippen LogP contribution < -0.4 is 5.32 Å². The number of amides is 1. The van der Waals surface area contributed by atoms with Gasteiger partial charge in [0, 0.05) is 10.2 Å². The van der Waals surface area contributed by atoms with E-state index in [4.69, 9.17) is 5.11 Å². The number of nitrogens with one attached hydrogen (secondary N) is 1. The van der Waals surface area contributed by atoms with Gasteiger partial charge in [-0.05, 0) is 42.3 Å². The Morgan fingerprint density at radius 2 is 2.05 bits per heavy atom. The van der Waals surface area contributed by atoms with E-state index >= 15 is 0 Å². The highest BCUT2D eigenvalue weighted by molar-refractivity contribution is 9.10. The number of aryl methyl sites for hydroxylation is 1. The Kier molecular flexibility index (Phi) is 4.52. The Bertz CT molecular complexity index is 658. The van der Waals surface area contributed by atoms with Crippen LogP contribution in [0.2, 0.25) is 0 Å². The van der Waals surface area contributed by atoms with Crippen molar-refractivity contribution in [2.24, 2.45) is 0 Å². The molecular weight excluding hydrogens is 325 g/mol. The van der Waals surface area contributed by atoms with Crippen molar-refractivity contribution in [3.05, 3.63) is 63.4 Å². The first-order chi connectivity index (χ1) is 9.51. The predicted molar refractivity (Wildman–Crippen MR) is 79.2 cm³/mol. The minimum atomic E-state index is -0.590. The van der Waals surface area contributed by atoms with Gasteiger partial charge in [-0.15, -0.1) is 0 Å². The van der Waals surface area contributed by atoms with Gasteiger partial charge in [0.25, 0.3) is 5.91 Å². The van der Waals surface area contributed by atoms with Gasteiger partial charge in [0.05, 0.1) is 12.2 Å². The Balaban J connectivity index is 2.27. The van der Waals surface area contributed by atoms with Gasteiger partial charge in [0.1, 0.15) is 5.82 Å². The van der Waals surface area contributed by atoms with E-state index in [-0.39, 0.29) is 12.2 Å². The van der Waals surface area contributed by atoms with E-state index in [1.54, 1.807) is 24.3 Å². The smallest absolute Gasteiger partial charge is 0.258 e. The van der Waals surface area contributed by atoms with Crippen LogP contribution in [-0.4, -0.2) is 11.0 Å². The first-order valence-electron chi connectivity index (χ1n) is 5.98. The zero-order chi connectivity index (χ0) is 14.7. The van der Waals surface area contributed by atoms with E-state index in [0.717, 1.165) is 5.56 Å². The zero-order valence-corrected chi connectivity index (χ0v) is 12.4. The third-order valence-corrected chi connectivity index (χ3v) is 3.40. The SMILES string of the molecule is Cc1ccc(CO)cc1NC(=O)c1ccc(Br)cc1F. The van der Waals surface area contributed by atoms with Crippen LogP contribution in [0.15, 0.2) is 40.9 Å². The quantitative estimate of drug-likeness (QED) is 0.898. The van der Waals surface area contributed by atoms with E-state index in [0.29, 0.717) is 15.7 Å². The number of hydrogen-bond donors (Lipinski definition) is 2. The summed E-state index contributed by atoms with van der Waals surface area (Å²) >= 11 is 3.14. The fourth-order valence-corrected chi connectivity index (χ4v) is 2.10. The molecule has 0 fully saturated rings. The molecule has 0 bridgehead atoms. The number of anilines is 1. The van der Waals surface area contributed by atoms with Crippen molar-refractivity contribution in [3.8, 4) is 0 Å². The molecule has 0 aliphatic carbocycles. The van der Waals surface area contributed by atoms with Crippen molar-refractivity contribution in [1.82, 2.24) is 0 Å². The van der Waals surface area contributed by atoms with Crippen molar-refractivity contribution in [2.75, 3.05) is 5.32 Å². The molecule has 0 saturated carbocycles. The molecule has 2 aromatic rings. The van der Waals surface area contributed by atoms with E-state index in [9.17, 15) is 9.18 Å². The molecule has 2 rings (SSSR count). The van der Waals surface area contributed by atoms with Gasteiger partial charge >= 0.3 is 0 Å². The molecule has 0 heterocycles. The number of benzene rings is 2. The molecule has 0 saturated heterocycles. The Morgan fingerprint density at radius 1 is 1.30 bits per heavy atom. The third kappa shape index (κ3) is 3.23. The molecule has 5 heteroatoms. The summed E-state index contributed by atoms with van der Waals surface area (Å²) in [5, 5.41) is 11.8. The van der Waals surface area contributed by atoms with Gasteiger partial charge in [-0.2, -0.15) is 0 Å². The van der Waals surface area contributed by atoms with E-state index in [1.807, 2.05) is 6.92 Å². The van der Waals surface area contributed by atoms with E-state index < -0.39 is 11.7 Å². The molecule has 3 nitrogen and oxygen atoms in total. The minimum Gasteiger partial charge on any atom is -0.392 e. The summed E-state index contributed by atoms with van der Waals surface area (Å²) in [7, 11) is 0. The monoisotopic (exact) mass is 337 g/mol. The maximum Gasteiger partial charge on any atom is 0.258 e. The largest absolute Gasteiger partial charge is 0.392 e. The predicted octanol–water partition coefficient (Wildman–Crippen LogP) is 3.64. The Labute approximate surface area is 124 Å². The van der Waals surface area contributed by atoms with Gasteiger partial charge < -0.3 is 10.4 Å². The molecule has 0 aliphatic heterocycles. The second-order valence-corrected chi connectivity index (χ2v) is 5.30. The van der Waals surface area contributed by atoms with Crippen molar-refractivity contribution in [3.63, 3.8) is 0 Å². The van der Waals surface area contributed by atoms with E-state index in [2.05, 4.69) is 21.2 Å². The number of aliphatic hydroxyl groups is 1. The lowest BCUT2D eigenvalue weighted by atomic mass is 10.1. The summed E-state index contributed by atoms with van der Waals surface area (Å²) in [6.07, 6.45) is 0. The van der Waals surface area contributed by atoms with Crippen molar-refractivity contribution in [1.29, 1.82) is 0 Å². The molecule has 0 unspecified atom stereocenters. The Morgan fingerprint density at radius 3 is 2.70 bits per heavy atom. The number of carbonyl (C=O) groups is 1. The number of aliphatic hydroxyl groups excluding tert-OH is 1. The van der Waals surface area contributed by atoms with Crippen molar-refractivity contribution in [2.45, 2.75) is 13.5 Å². The lowest BCUT2D eigenvalue weighted by Gasteiger charge is -2.10. The molecule has 104 valence electrons. The van der Waals surface area contributed by atoms with Gasteiger partial charge in [0.15, 0.2) is 0 Å². The second kappa shape index (κ2) is 6.15. The molecule has 0 aromatic heterocycles. The summed E-state index contributed by atoms with van der Waals surface area (Å²) in [6, 6.07) is 9.50. The first kappa shape index (κ1) is 14.7. The molecule has 2 aromatic carbocycles. The summed E-state index contributed by atoms with van der Waals surface area (Å²) in [5.41, 5.74) is 2.06. The third-order valence-electron chi connectivity index (χ3n) is 2.91. The van der Waals surface area contributed by atoms with E-state index in [1.165, 1.54) is 12.1 Å². The standard InChI is InChI=1S/C15H13BrFNO2/c1-9-2-3-10(8-19)6-14(9)18-15(20)12-5-4-11(16)7-13(12)17/h2-7,19H,8H2,1H3,(H,18,20). The van der Waals surface area contributed by atoms with Crippen molar-refractivity contribution < 1.29 is 14.3 Å². The maximum absolute atomic E-state index is 13.7. The number of carbonyl (C=O) groups excluding carboxylic acids is 1.